The number of carbonyl (C=O) groups excluding carboxylic acids is 1. The Balaban J connectivity index is 1.91. The van der Waals surface area contributed by atoms with Crippen molar-refractivity contribution >= 4 is 22.6 Å². The summed E-state index contributed by atoms with van der Waals surface area (Å²) in [6, 6.07) is 5.60. The Kier molecular flexibility index (Phi) is 3.12. The average Bonchev–Trinajstić information content (AvgIpc) is 3.04. The first-order valence-electron chi connectivity index (χ1n) is 7.04. The number of nitrogens with zero attached hydrogens (tertiary/aromatic N) is 2. The molecule has 1 N–H and O–H groups in total. The van der Waals surface area contributed by atoms with Gasteiger partial charge >= 0.3 is 5.69 Å². The van der Waals surface area contributed by atoms with Crippen molar-refractivity contribution in [2.45, 2.75) is 25.7 Å². The van der Waals surface area contributed by atoms with Crippen molar-refractivity contribution < 1.29 is 4.79 Å². The van der Waals surface area contributed by atoms with Gasteiger partial charge in [0, 0.05) is 25.7 Å². The van der Waals surface area contributed by atoms with Gasteiger partial charge in [0.1, 0.15) is 0 Å². The lowest BCUT2D eigenvalue weighted by molar-refractivity contribution is -0.119. The standard InChI is InChI=1S/C15H19N3O2/c1-17-12-8-7-11(9-13(12)18(2)15(17)20)16-14(19)10-5-3-4-6-10/h7-10H,3-6H2,1-2H3,(H,16,19). The Labute approximate surface area is 117 Å². The van der Waals surface area contributed by atoms with Crippen LogP contribution in [0, 0.1) is 5.92 Å². The molecule has 1 aliphatic rings. The molecule has 0 atom stereocenters. The average molecular weight is 273 g/mol. The van der Waals surface area contributed by atoms with Crippen molar-refractivity contribution in [2.75, 3.05) is 5.32 Å². The predicted octanol–water partition coefficient (Wildman–Crippen LogP) is 2.01. The van der Waals surface area contributed by atoms with Gasteiger partial charge in [-0.05, 0) is 31.0 Å². The number of carbonyl (C=O) groups is 1. The highest BCUT2D eigenvalue weighted by Crippen LogP contribution is 2.26. The van der Waals surface area contributed by atoms with Crippen LogP contribution in [0.2, 0.25) is 0 Å². The van der Waals surface area contributed by atoms with Gasteiger partial charge in [0.2, 0.25) is 5.91 Å². The SMILES string of the molecule is Cn1c(=O)n(C)c2cc(NC(=O)C3CCCC3)ccc21. The summed E-state index contributed by atoms with van der Waals surface area (Å²) in [5.74, 6) is 0.244. The molecule has 3 rings (SSSR count). The minimum atomic E-state index is -0.0562. The van der Waals surface area contributed by atoms with Crippen LogP contribution in [-0.2, 0) is 18.9 Å². The van der Waals surface area contributed by atoms with Crippen LogP contribution >= 0.6 is 0 Å². The Hall–Kier alpha value is -2.04. The lowest BCUT2D eigenvalue weighted by atomic mass is 10.1. The highest BCUT2D eigenvalue weighted by atomic mass is 16.2. The fourth-order valence-corrected chi connectivity index (χ4v) is 3.02. The summed E-state index contributed by atoms with van der Waals surface area (Å²) in [6.45, 7) is 0. The van der Waals surface area contributed by atoms with Gasteiger partial charge in [-0.25, -0.2) is 4.79 Å². The minimum Gasteiger partial charge on any atom is -0.326 e. The molecule has 1 aromatic heterocycles. The number of benzene rings is 1. The first-order chi connectivity index (χ1) is 9.58. The fraction of sp³-hybridized carbons (Fsp3) is 0.467. The molecule has 20 heavy (non-hydrogen) atoms. The normalized spacial score (nSPS) is 15.9. The van der Waals surface area contributed by atoms with Crippen molar-refractivity contribution in [3.63, 3.8) is 0 Å². The summed E-state index contributed by atoms with van der Waals surface area (Å²) < 4.78 is 3.21. The van der Waals surface area contributed by atoms with Crippen LogP contribution in [0.5, 0.6) is 0 Å². The molecular weight excluding hydrogens is 254 g/mol. The summed E-state index contributed by atoms with van der Waals surface area (Å²) in [6.07, 6.45) is 4.25. The van der Waals surface area contributed by atoms with Crippen molar-refractivity contribution in [3.8, 4) is 0 Å². The summed E-state index contributed by atoms with van der Waals surface area (Å²) >= 11 is 0. The molecule has 1 fully saturated rings. The lowest BCUT2D eigenvalue weighted by Gasteiger charge is -2.10. The predicted molar refractivity (Wildman–Crippen MR) is 78.7 cm³/mol. The van der Waals surface area contributed by atoms with Crippen LogP contribution in [0.15, 0.2) is 23.0 Å². The van der Waals surface area contributed by atoms with Gasteiger partial charge in [0.25, 0.3) is 0 Å². The summed E-state index contributed by atoms with van der Waals surface area (Å²) in [5, 5.41) is 2.97. The molecule has 0 bridgehead atoms. The topological polar surface area (TPSA) is 56.0 Å². The molecule has 0 saturated heterocycles. The van der Waals surface area contributed by atoms with Gasteiger partial charge in [0.15, 0.2) is 0 Å². The van der Waals surface area contributed by atoms with E-state index in [1.54, 1.807) is 23.2 Å². The number of hydrogen-bond acceptors (Lipinski definition) is 2. The number of fused-ring (bicyclic) bond motifs is 1. The number of hydrogen-bond donors (Lipinski definition) is 1. The van der Waals surface area contributed by atoms with Crippen LogP contribution in [0.4, 0.5) is 5.69 Å². The second-order valence-electron chi connectivity index (χ2n) is 5.57. The lowest BCUT2D eigenvalue weighted by Crippen LogP contribution is -2.20. The van der Waals surface area contributed by atoms with Crippen LogP contribution < -0.4 is 11.0 Å². The third-order valence-corrected chi connectivity index (χ3v) is 4.27. The van der Waals surface area contributed by atoms with Gasteiger partial charge in [0.05, 0.1) is 11.0 Å². The van der Waals surface area contributed by atoms with Crippen LogP contribution in [0.25, 0.3) is 11.0 Å². The molecule has 1 aromatic carbocycles. The van der Waals surface area contributed by atoms with Crippen molar-refractivity contribution in [1.29, 1.82) is 0 Å². The minimum absolute atomic E-state index is 0.0562. The molecule has 2 aromatic rings. The largest absolute Gasteiger partial charge is 0.328 e. The number of aromatic nitrogens is 2. The maximum absolute atomic E-state index is 12.1. The van der Waals surface area contributed by atoms with E-state index in [9.17, 15) is 9.59 Å². The van der Waals surface area contributed by atoms with Crippen LogP contribution in [-0.4, -0.2) is 15.0 Å². The van der Waals surface area contributed by atoms with Crippen molar-refractivity contribution in [2.24, 2.45) is 20.0 Å². The Morgan fingerprint density at radius 2 is 1.80 bits per heavy atom. The Morgan fingerprint density at radius 1 is 1.15 bits per heavy atom. The van der Waals surface area contributed by atoms with Gasteiger partial charge in [-0.3, -0.25) is 13.9 Å². The number of aryl methyl sites for hydroxylation is 2. The quantitative estimate of drug-likeness (QED) is 0.910. The van der Waals surface area contributed by atoms with Gasteiger partial charge in [-0.15, -0.1) is 0 Å². The van der Waals surface area contributed by atoms with Gasteiger partial charge < -0.3 is 5.32 Å². The molecule has 5 nitrogen and oxygen atoms in total. The summed E-state index contributed by atoms with van der Waals surface area (Å²) in [7, 11) is 3.49. The monoisotopic (exact) mass is 273 g/mol. The molecule has 1 saturated carbocycles. The van der Waals surface area contributed by atoms with Gasteiger partial charge in [-0.1, -0.05) is 12.8 Å². The number of anilines is 1. The molecule has 0 unspecified atom stereocenters. The molecule has 106 valence electrons. The maximum atomic E-state index is 12.1. The first-order valence-corrected chi connectivity index (χ1v) is 7.04. The molecule has 0 radical (unpaired) electrons. The van der Waals surface area contributed by atoms with E-state index in [1.807, 2.05) is 18.2 Å². The third kappa shape index (κ3) is 2.03. The smallest absolute Gasteiger partial charge is 0.326 e. The van der Waals surface area contributed by atoms with Crippen molar-refractivity contribution in [1.82, 2.24) is 9.13 Å². The summed E-state index contributed by atoms with van der Waals surface area (Å²) in [4.78, 5) is 24.0. The number of imidazole rings is 1. The fourth-order valence-electron chi connectivity index (χ4n) is 3.02. The van der Waals surface area contributed by atoms with E-state index in [0.29, 0.717) is 0 Å². The van der Waals surface area contributed by atoms with Gasteiger partial charge in [-0.2, -0.15) is 0 Å². The van der Waals surface area contributed by atoms with E-state index in [-0.39, 0.29) is 17.5 Å². The number of amides is 1. The second-order valence-corrected chi connectivity index (χ2v) is 5.57. The summed E-state index contributed by atoms with van der Waals surface area (Å²) in [5.41, 5.74) is 2.41. The zero-order valence-corrected chi connectivity index (χ0v) is 11.8. The molecular formula is C15H19N3O2. The van der Waals surface area contributed by atoms with E-state index < -0.39 is 0 Å². The van der Waals surface area contributed by atoms with Crippen LogP contribution in [0.3, 0.4) is 0 Å². The van der Waals surface area contributed by atoms with E-state index in [4.69, 9.17) is 0 Å². The van der Waals surface area contributed by atoms with E-state index >= 15 is 0 Å². The first kappa shape index (κ1) is 13.0. The molecule has 1 aliphatic carbocycles. The van der Waals surface area contributed by atoms with Crippen molar-refractivity contribution in [3.05, 3.63) is 28.7 Å². The van der Waals surface area contributed by atoms with E-state index in [1.165, 1.54) is 0 Å². The molecule has 0 spiro atoms. The Bertz CT molecular complexity index is 721. The van der Waals surface area contributed by atoms with Crippen LogP contribution in [0.1, 0.15) is 25.7 Å². The van der Waals surface area contributed by atoms with E-state index in [2.05, 4.69) is 5.32 Å². The van der Waals surface area contributed by atoms with E-state index in [0.717, 1.165) is 42.4 Å². The zero-order chi connectivity index (χ0) is 14.3. The highest BCUT2D eigenvalue weighted by Gasteiger charge is 2.22. The maximum Gasteiger partial charge on any atom is 0.328 e. The molecule has 1 amide bonds. The highest BCUT2D eigenvalue weighted by molar-refractivity contribution is 5.94. The molecule has 5 heteroatoms. The molecule has 0 aliphatic heterocycles. The Morgan fingerprint density at radius 3 is 2.50 bits per heavy atom. The third-order valence-electron chi connectivity index (χ3n) is 4.27. The second kappa shape index (κ2) is 4.81. The number of rotatable bonds is 2. The molecule has 1 heterocycles. The zero-order valence-electron chi connectivity index (χ0n) is 11.8. The number of nitrogens with one attached hydrogen (secondary N) is 1.